The average Bonchev–Trinajstić information content (AvgIpc) is 3.77. The fraction of sp³-hybridized carbons (Fsp3) is 0.276. The summed E-state index contributed by atoms with van der Waals surface area (Å²) in [5, 5.41) is 0.414. The van der Waals surface area contributed by atoms with Gasteiger partial charge in [0.25, 0.3) is 5.56 Å². The summed E-state index contributed by atoms with van der Waals surface area (Å²) >= 11 is 0. The highest BCUT2D eigenvalue weighted by molar-refractivity contribution is 5.93. The minimum absolute atomic E-state index is 0.0107. The zero-order valence-electron chi connectivity index (χ0n) is 23.2. The zero-order valence-corrected chi connectivity index (χ0v) is 23.2. The first-order valence-corrected chi connectivity index (χ1v) is 13.2. The maximum atomic E-state index is 13.6. The molecule has 0 radical (unpaired) electrons. The molecule has 4 aromatic heterocycles. The van der Waals surface area contributed by atoms with Gasteiger partial charge in [-0.3, -0.25) is 9.36 Å². The summed E-state index contributed by atoms with van der Waals surface area (Å²) in [6.07, 6.45) is 1.20. The van der Waals surface area contributed by atoms with Gasteiger partial charge in [-0.25, -0.2) is 29.7 Å². The van der Waals surface area contributed by atoms with Crippen molar-refractivity contribution < 1.29 is 27.4 Å². The lowest BCUT2D eigenvalue weighted by Gasteiger charge is -2.14. The number of carbonyl (C=O) groups is 1. The lowest BCUT2D eigenvalue weighted by atomic mass is 10.1. The van der Waals surface area contributed by atoms with E-state index >= 15 is 0 Å². The van der Waals surface area contributed by atoms with E-state index in [0.717, 1.165) is 24.7 Å². The van der Waals surface area contributed by atoms with Gasteiger partial charge >= 0.3 is 12.1 Å². The minimum Gasteiger partial charge on any atom is -0.480 e. The number of aryl methyl sites for hydroxylation is 1. The van der Waals surface area contributed by atoms with E-state index in [1.807, 2.05) is 0 Å². The minimum atomic E-state index is -4.57. The number of rotatable bonds is 7. The molecule has 4 heterocycles. The summed E-state index contributed by atoms with van der Waals surface area (Å²) in [5.41, 5.74) is 0.786. The molecule has 0 bridgehead atoms. The van der Waals surface area contributed by atoms with Crippen LogP contribution >= 0.6 is 0 Å². The molecule has 1 aliphatic carbocycles. The Kier molecular flexibility index (Phi) is 6.90. The number of pyridine rings is 1. The molecule has 6 rings (SSSR count). The first-order chi connectivity index (χ1) is 20.6. The van der Waals surface area contributed by atoms with E-state index in [1.165, 1.54) is 49.0 Å². The molecule has 0 spiro atoms. The topological polar surface area (TPSA) is 127 Å². The monoisotopic (exact) mass is 591 g/mol. The zero-order chi connectivity index (χ0) is 30.5. The number of ether oxygens (including phenoxy) is 2. The number of benzene rings is 1. The standard InChI is InChI=1S/C29H24F3N7O4/c1-38-13-20(29(30,31)32)36-24(38)17-6-4-15(5-7-17)12-39-25-18(10-19(27(39)40)28(41)43-3)11-33-23(37-25)21-22(16-8-9-16)34-14-35-26(21)42-2/h4-7,10-11,13-14,16H,8-9,12H2,1-3H3. The summed E-state index contributed by atoms with van der Waals surface area (Å²) < 4.78 is 52.4. The Balaban J connectivity index is 1.45. The highest BCUT2D eigenvalue weighted by Gasteiger charge is 2.35. The Labute approximate surface area is 242 Å². The van der Waals surface area contributed by atoms with Crippen LogP contribution < -0.4 is 10.3 Å². The van der Waals surface area contributed by atoms with Crippen LogP contribution in [0.25, 0.3) is 33.8 Å². The highest BCUT2D eigenvalue weighted by atomic mass is 19.4. The Morgan fingerprint density at radius 2 is 1.81 bits per heavy atom. The summed E-state index contributed by atoms with van der Waals surface area (Å²) in [4.78, 5) is 47.7. The van der Waals surface area contributed by atoms with Crippen molar-refractivity contribution in [2.45, 2.75) is 31.5 Å². The molecule has 0 amide bonds. The van der Waals surface area contributed by atoms with E-state index in [-0.39, 0.29) is 35.3 Å². The third-order valence-corrected chi connectivity index (χ3v) is 7.17. The van der Waals surface area contributed by atoms with Gasteiger partial charge in [0.1, 0.15) is 28.9 Å². The first-order valence-electron chi connectivity index (χ1n) is 13.2. The van der Waals surface area contributed by atoms with Crippen LogP contribution in [0.3, 0.4) is 0 Å². The molecule has 43 heavy (non-hydrogen) atoms. The third-order valence-electron chi connectivity index (χ3n) is 7.17. The number of hydrogen-bond donors (Lipinski definition) is 0. The van der Waals surface area contributed by atoms with Gasteiger partial charge in [-0.15, -0.1) is 0 Å². The quantitative estimate of drug-likeness (QED) is 0.253. The molecule has 5 aromatic rings. The lowest BCUT2D eigenvalue weighted by Crippen LogP contribution is -2.28. The van der Waals surface area contributed by atoms with Gasteiger partial charge in [-0.2, -0.15) is 13.2 Å². The van der Waals surface area contributed by atoms with Crippen molar-refractivity contribution >= 4 is 17.0 Å². The van der Waals surface area contributed by atoms with Crippen LogP contribution in [0.15, 0.2) is 53.8 Å². The van der Waals surface area contributed by atoms with Crippen molar-refractivity contribution in [3.05, 3.63) is 81.9 Å². The van der Waals surface area contributed by atoms with Gasteiger partial charge in [-0.05, 0) is 24.5 Å². The van der Waals surface area contributed by atoms with Gasteiger partial charge in [0.05, 0.1) is 26.5 Å². The maximum absolute atomic E-state index is 13.6. The fourth-order valence-corrected chi connectivity index (χ4v) is 4.91. The molecule has 14 heteroatoms. The van der Waals surface area contributed by atoms with Crippen LogP contribution in [-0.4, -0.2) is 54.2 Å². The molecule has 0 atom stereocenters. The number of esters is 1. The van der Waals surface area contributed by atoms with Crippen molar-refractivity contribution in [3.63, 3.8) is 0 Å². The van der Waals surface area contributed by atoms with E-state index < -0.39 is 23.4 Å². The second-order valence-corrected chi connectivity index (χ2v) is 10.1. The van der Waals surface area contributed by atoms with E-state index in [2.05, 4.69) is 19.9 Å². The molecule has 1 aliphatic rings. The van der Waals surface area contributed by atoms with Crippen LogP contribution in [0.1, 0.15) is 46.1 Å². The molecule has 0 unspecified atom stereocenters. The maximum Gasteiger partial charge on any atom is 0.434 e. The summed E-state index contributed by atoms with van der Waals surface area (Å²) in [7, 11) is 4.15. The number of hydrogen-bond acceptors (Lipinski definition) is 9. The van der Waals surface area contributed by atoms with Crippen molar-refractivity contribution in [1.82, 2.24) is 34.1 Å². The van der Waals surface area contributed by atoms with E-state index in [4.69, 9.17) is 14.5 Å². The van der Waals surface area contributed by atoms with Crippen LogP contribution in [0, 0.1) is 0 Å². The van der Waals surface area contributed by atoms with Crippen molar-refractivity contribution in [3.8, 4) is 28.7 Å². The molecule has 0 aliphatic heterocycles. The number of fused-ring (bicyclic) bond motifs is 1. The Bertz CT molecular complexity index is 1930. The molecule has 1 fully saturated rings. The van der Waals surface area contributed by atoms with Crippen molar-refractivity contribution in [2.24, 2.45) is 7.05 Å². The molecule has 11 nitrogen and oxygen atoms in total. The molecule has 1 aromatic carbocycles. The van der Waals surface area contributed by atoms with Crippen LogP contribution in [0.4, 0.5) is 13.2 Å². The number of methoxy groups -OCH3 is 2. The van der Waals surface area contributed by atoms with Gasteiger partial charge in [0.2, 0.25) is 5.88 Å². The predicted molar refractivity (Wildman–Crippen MR) is 147 cm³/mol. The molecule has 0 N–H and O–H groups in total. The average molecular weight is 592 g/mol. The second-order valence-electron chi connectivity index (χ2n) is 10.1. The lowest BCUT2D eigenvalue weighted by molar-refractivity contribution is -0.140. The first kappa shape index (κ1) is 28.0. The predicted octanol–water partition coefficient (Wildman–Crippen LogP) is 4.39. The third kappa shape index (κ3) is 5.19. The van der Waals surface area contributed by atoms with Gasteiger partial charge in [-0.1, -0.05) is 24.3 Å². The molecule has 0 saturated heterocycles. The van der Waals surface area contributed by atoms with E-state index in [9.17, 15) is 22.8 Å². The van der Waals surface area contributed by atoms with Crippen LogP contribution in [0.2, 0.25) is 0 Å². The Morgan fingerprint density at radius 3 is 2.44 bits per heavy atom. The number of halogens is 3. The smallest absolute Gasteiger partial charge is 0.434 e. The SMILES string of the molecule is COC(=O)c1cc2cnc(-c3c(OC)ncnc3C3CC3)nc2n(Cc2ccc(-c3nc(C(F)(F)F)cn3C)cc2)c1=O. The highest BCUT2D eigenvalue weighted by Crippen LogP contribution is 2.44. The molecule has 1 saturated carbocycles. The van der Waals surface area contributed by atoms with Gasteiger partial charge < -0.3 is 14.0 Å². The van der Waals surface area contributed by atoms with E-state index in [1.54, 1.807) is 24.3 Å². The summed E-state index contributed by atoms with van der Waals surface area (Å²) in [5.74, 6) is 0.104. The summed E-state index contributed by atoms with van der Waals surface area (Å²) in [6, 6.07) is 7.95. The van der Waals surface area contributed by atoms with Gasteiger partial charge in [0.15, 0.2) is 11.5 Å². The number of nitrogens with zero attached hydrogens (tertiary/aromatic N) is 7. The largest absolute Gasteiger partial charge is 0.480 e. The number of alkyl halides is 3. The van der Waals surface area contributed by atoms with Crippen molar-refractivity contribution in [2.75, 3.05) is 14.2 Å². The normalized spacial score (nSPS) is 13.3. The van der Waals surface area contributed by atoms with Crippen LogP contribution in [0.5, 0.6) is 5.88 Å². The van der Waals surface area contributed by atoms with E-state index in [0.29, 0.717) is 28.0 Å². The summed E-state index contributed by atoms with van der Waals surface area (Å²) in [6.45, 7) is -0.0107. The second kappa shape index (κ2) is 10.6. The Morgan fingerprint density at radius 1 is 1.07 bits per heavy atom. The van der Waals surface area contributed by atoms with Gasteiger partial charge in [0, 0.05) is 36.3 Å². The fourth-order valence-electron chi connectivity index (χ4n) is 4.91. The molecule has 220 valence electrons. The molecular formula is C29H24F3N7O4. The Hall–Kier alpha value is -5.14. The number of aromatic nitrogens is 7. The molecular weight excluding hydrogens is 567 g/mol. The number of carbonyl (C=O) groups excluding carboxylic acids is 1. The van der Waals surface area contributed by atoms with Crippen molar-refractivity contribution in [1.29, 1.82) is 0 Å². The number of imidazole rings is 1. The van der Waals surface area contributed by atoms with Crippen LogP contribution in [-0.2, 0) is 24.5 Å².